The quantitative estimate of drug-likeness (QED) is 0.860. The number of hydrogen-bond donors (Lipinski definition) is 1. The Kier molecular flexibility index (Phi) is 5.13. The zero-order chi connectivity index (χ0) is 14.4. The first kappa shape index (κ1) is 14.5. The molecule has 2 aromatic carbocycles. The molecule has 0 saturated carbocycles. The summed E-state index contributed by atoms with van der Waals surface area (Å²) < 4.78 is 19.6. The van der Waals surface area contributed by atoms with Gasteiger partial charge in [0.25, 0.3) is 0 Å². The average Bonchev–Trinajstić information content (AvgIpc) is 2.46. The van der Waals surface area contributed by atoms with Gasteiger partial charge in [0.15, 0.2) is 11.6 Å². The van der Waals surface area contributed by atoms with E-state index in [-0.39, 0.29) is 17.7 Å². The molecular formula is C17H20FNO. The predicted octanol–water partition coefficient (Wildman–Crippen LogP) is 3.94. The Morgan fingerprint density at radius 1 is 1.00 bits per heavy atom. The first-order chi connectivity index (χ1) is 9.66. The second-order valence-corrected chi connectivity index (χ2v) is 5.01. The first-order valence-electron chi connectivity index (χ1n) is 6.86. The highest BCUT2D eigenvalue weighted by Crippen LogP contribution is 2.24. The fourth-order valence-corrected chi connectivity index (χ4v) is 1.93. The molecule has 0 amide bonds. The van der Waals surface area contributed by atoms with E-state index in [1.807, 2.05) is 30.3 Å². The third-order valence-corrected chi connectivity index (χ3v) is 2.99. The van der Waals surface area contributed by atoms with E-state index in [2.05, 4.69) is 19.2 Å². The van der Waals surface area contributed by atoms with Gasteiger partial charge in [0, 0.05) is 12.6 Å². The molecule has 3 heteroatoms. The normalized spacial score (nSPS) is 12.4. The topological polar surface area (TPSA) is 21.3 Å². The van der Waals surface area contributed by atoms with E-state index in [1.165, 1.54) is 6.07 Å². The zero-order valence-corrected chi connectivity index (χ0v) is 11.8. The minimum atomic E-state index is -0.335. The van der Waals surface area contributed by atoms with Crippen LogP contribution in [0.15, 0.2) is 54.6 Å². The van der Waals surface area contributed by atoms with E-state index in [1.54, 1.807) is 18.2 Å². The third-order valence-electron chi connectivity index (χ3n) is 2.99. The van der Waals surface area contributed by atoms with Crippen molar-refractivity contribution in [3.8, 4) is 5.75 Å². The standard InChI is InChI=1S/C17H20FNO/c1-13(2)19-12-17(14-8-4-3-5-9-14)20-16-11-7-6-10-15(16)18/h3-11,13,17,19H,12H2,1-2H3. The maximum Gasteiger partial charge on any atom is 0.165 e. The molecule has 2 nitrogen and oxygen atoms in total. The summed E-state index contributed by atoms with van der Waals surface area (Å²) in [4.78, 5) is 0. The Morgan fingerprint density at radius 3 is 2.30 bits per heavy atom. The summed E-state index contributed by atoms with van der Waals surface area (Å²) in [5.41, 5.74) is 1.03. The van der Waals surface area contributed by atoms with Crippen LogP contribution in [0.1, 0.15) is 25.5 Å². The van der Waals surface area contributed by atoms with Crippen molar-refractivity contribution in [1.29, 1.82) is 0 Å². The van der Waals surface area contributed by atoms with Crippen LogP contribution in [0, 0.1) is 5.82 Å². The minimum Gasteiger partial charge on any atom is -0.481 e. The molecule has 0 radical (unpaired) electrons. The average molecular weight is 273 g/mol. The molecule has 0 aliphatic carbocycles. The summed E-state index contributed by atoms with van der Waals surface area (Å²) in [5.74, 6) is -0.0510. The highest BCUT2D eigenvalue weighted by molar-refractivity contribution is 5.26. The molecule has 0 spiro atoms. The molecule has 1 N–H and O–H groups in total. The molecule has 0 heterocycles. The van der Waals surface area contributed by atoms with Crippen LogP contribution in [0.4, 0.5) is 4.39 Å². The SMILES string of the molecule is CC(C)NCC(Oc1ccccc1F)c1ccccc1. The lowest BCUT2D eigenvalue weighted by molar-refractivity contribution is 0.189. The molecule has 0 aromatic heterocycles. The zero-order valence-electron chi connectivity index (χ0n) is 11.8. The maximum atomic E-state index is 13.7. The number of rotatable bonds is 6. The van der Waals surface area contributed by atoms with E-state index in [0.29, 0.717) is 12.6 Å². The van der Waals surface area contributed by atoms with E-state index < -0.39 is 0 Å². The number of benzene rings is 2. The van der Waals surface area contributed by atoms with Crippen molar-refractivity contribution < 1.29 is 9.13 Å². The highest BCUT2D eigenvalue weighted by Gasteiger charge is 2.15. The van der Waals surface area contributed by atoms with Crippen molar-refractivity contribution in [3.05, 3.63) is 66.0 Å². The van der Waals surface area contributed by atoms with E-state index >= 15 is 0 Å². The Hall–Kier alpha value is -1.87. The number of halogens is 1. The van der Waals surface area contributed by atoms with Crippen molar-refractivity contribution in [2.45, 2.75) is 26.0 Å². The molecule has 20 heavy (non-hydrogen) atoms. The van der Waals surface area contributed by atoms with Gasteiger partial charge in [-0.25, -0.2) is 4.39 Å². The molecule has 1 atom stereocenters. The summed E-state index contributed by atoms with van der Waals surface area (Å²) in [6.07, 6.45) is -0.213. The monoisotopic (exact) mass is 273 g/mol. The van der Waals surface area contributed by atoms with Gasteiger partial charge in [0.2, 0.25) is 0 Å². The molecule has 106 valence electrons. The summed E-state index contributed by atoms with van der Waals surface area (Å²) in [6.45, 7) is 4.78. The van der Waals surface area contributed by atoms with Crippen molar-refractivity contribution in [1.82, 2.24) is 5.32 Å². The van der Waals surface area contributed by atoms with Crippen molar-refractivity contribution in [3.63, 3.8) is 0 Å². The molecule has 2 aromatic rings. The van der Waals surface area contributed by atoms with Crippen LogP contribution in [-0.4, -0.2) is 12.6 Å². The van der Waals surface area contributed by atoms with Crippen molar-refractivity contribution in [2.24, 2.45) is 0 Å². The van der Waals surface area contributed by atoms with Gasteiger partial charge in [-0.3, -0.25) is 0 Å². The number of ether oxygens (including phenoxy) is 1. The summed E-state index contributed by atoms with van der Waals surface area (Å²) >= 11 is 0. The molecule has 0 aliphatic rings. The molecule has 0 bridgehead atoms. The van der Waals surface area contributed by atoms with Gasteiger partial charge in [-0.15, -0.1) is 0 Å². The Balaban J connectivity index is 2.16. The number of hydrogen-bond acceptors (Lipinski definition) is 2. The van der Waals surface area contributed by atoms with Crippen LogP contribution < -0.4 is 10.1 Å². The van der Waals surface area contributed by atoms with E-state index in [9.17, 15) is 4.39 Å². The van der Waals surface area contributed by atoms with Crippen molar-refractivity contribution in [2.75, 3.05) is 6.54 Å². The first-order valence-corrected chi connectivity index (χ1v) is 6.86. The Bertz CT molecular complexity index is 528. The largest absolute Gasteiger partial charge is 0.481 e. The highest BCUT2D eigenvalue weighted by atomic mass is 19.1. The smallest absolute Gasteiger partial charge is 0.165 e. The Labute approximate surface area is 119 Å². The fraction of sp³-hybridized carbons (Fsp3) is 0.294. The van der Waals surface area contributed by atoms with Gasteiger partial charge in [0.1, 0.15) is 6.10 Å². The third kappa shape index (κ3) is 4.07. The molecular weight excluding hydrogens is 253 g/mol. The van der Waals surface area contributed by atoms with Gasteiger partial charge < -0.3 is 10.1 Å². The van der Waals surface area contributed by atoms with E-state index in [4.69, 9.17) is 4.74 Å². The van der Waals surface area contributed by atoms with Gasteiger partial charge >= 0.3 is 0 Å². The summed E-state index contributed by atoms with van der Waals surface area (Å²) in [6, 6.07) is 16.7. The van der Waals surface area contributed by atoms with Crippen LogP contribution in [0.5, 0.6) is 5.75 Å². The van der Waals surface area contributed by atoms with Crippen LogP contribution in [0.2, 0.25) is 0 Å². The van der Waals surface area contributed by atoms with Crippen LogP contribution >= 0.6 is 0 Å². The van der Waals surface area contributed by atoms with Crippen molar-refractivity contribution >= 4 is 0 Å². The van der Waals surface area contributed by atoms with Crippen LogP contribution in [-0.2, 0) is 0 Å². The fourth-order valence-electron chi connectivity index (χ4n) is 1.93. The lowest BCUT2D eigenvalue weighted by Gasteiger charge is -2.21. The van der Waals surface area contributed by atoms with Crippen LogP contribution in [0.25, 0.3) is 0 Å². The maximum absolute atomic E-state index is 13.7. The summed E-state index contributed by atoms with van der Waals surface area (Å²) in [7, 11) is 0. The van der Waals surface area contributed by atoms with E-state index in [0.717, 1.165) is 5.56 Å². The van der Waals surface area contributed by atoms with Gasteiger partial charge in [0.05, 0.1) is 0 Å². The van der Waals surface area contributed by atoms with Crippen LogP contribution in [0.3, 0.4) is 0 Å². The number of para-hydroxylation sites is 1. The molecule has 0 aliphatic heterocycles. The van der Waals surface area contributed by atoms with Gasteiger partial charge in [-0.2, -0.15) is 0 Å². The second-order valence-electron chi connectivity index (χ2n) is 5.01. The minimum absolute atomic E-state index is 0.213. The Morgan fingerprint density at radius 2 is 1.65 bits per heavy atom. The molecule has 0 fully saturated rings. The predicted molar refractivity (Wildman–Crippen MR) is 79.3 cm³/mol. The molecule has 2 rings (SSSR count). The molecule has 1 unspecified atom stereocenters. The molecule has 0 saturated heterocycles. The van der Waals surface area contributed by atoms with Gasteiger partial charge in [-0.1, -0.05) is 56.3 Å². The number of nitrogens with one attached hydrogen (secondary N) is 1. The second kappa shape index (κ2) is 7.06. The summed E-state index contributed by atoms with van der Waals surface area (Å²) in [5, 5.41) is 3.34. The van der Waals surface area contributed by atoms with Gasteiger partial charge in [-0.05, 0) is 17.7 Å². The lowest BCUT2D eigenvalue weighted by atomic mass is 10.1. The lowest BCUT2D eigenvalue weighted by Crippen LogP contribution is -2.30.